The number of rotatable bonds is 4. The van der Waals surface area contributed by atoms with E-state index in [1.54, 1.807) is 11.3 Å². The summed E-state index contributed by atoms with van der Waals surface area (Å²) in [5.74, 6) is 0. The summed E-state index contributed by atoms with van der Waals surface area (Å²) in [6, 6.07) is 13.1. The van der Waals surface area contributed by atoms with Crippen molar-refractivity contribution in [3.05, 3.63) is 57.8 Å². The van der Waals surface area contributed by atoms with Crippen LogP contribution in [0, 0.1) is 6.92 Å². The van der Waals surface area contributed by atoms with Crippen LogP contribution in [-0.4, -0.2) is 24.0 Å². The van der Waals surface area contributed by atoms with Crippen LogP contribution in [0.25, 0.3) is 0 Å². The van der Waals surface area contributed by atoms with E-state index < -0.39 is 0 Å². The van der Waals surface area contributed by atoms with Gasteiger partial charge in [0.2, 0.25) is 0 Å². The monoisotopic (exact) mass is 342 g/mol. The lowest BCUT2D eigenvalue weighted by Gasteiger charge is -2.29. The quantitative estimate of drug-likeness (QED) is 0.844. The van der Waals surface area contributed by atoms with E-state index in [-0.39, 0.29) is 17.5 Å². The molecule has 2 amide bonds. The molecule has 1 saturated heterocycles. The minimum Gasteiger partial charge on any atom is -0.337 e. The molecule has 128 valence electrons. The Hall–Kier alpha value is -1.81. The van der Waals surface area contributed by atoms with Crippen LogP contribution in [0.1, 0.15) is 48.7 Å². The zero-order valence-corrected chi connectivity index (χ0v) is 15.5. The van der Waals surface area contributed by atoms with E-state index in [4.69, 9.17) is 0 Å². The minimum atomic E-state index is -0.0818. The molecule has 24 heavy (non-hydrogen) atoms. The van der Waals surface area contributed by atoms with Gasteiger partial charge >= 0.3 is 6.03 Å². The van der Waals surface area contributed by atoms with E-state index in [9.17, 15) is 4.79 Å². The first-order chi connectivity index (χ1) is 11.5. The van der Waals surface area contributed by atoms with Gasteiger partial charge in [0.1, 0.15) is 0 Å². The van der Waals surface area contributed by atoms with Crippen molar-refractivity contribution in [3.63, 3.8) is 0 Å². The van der Waals surface area contributed by atoms with Gasteiger partial charge in [-0.15, -0.1) is 11.3 Å². The molecule has 1 N–H and O–H groups in total. The number of likely N-dealkylation sites (tertiary alicyclic amines) is 1. The van der Waals surface area contributed by atoms with Gasteiger partial charge in [-0.05, 0) is 36.8 Å². The molecule has 2 aromatic rings. The molecule has 3 rings (SSSR count). The second-order valence-electron chi connectivity index (χ2n) is 7.28. The van der Waals surface area contributed by atoms with E-state index >= 15 is 0 Å². The van der Waals surface area contributed by atoms with Gasteiger partial charge in [-0.1, -0.05) is 49.7 Å². The first-order valence-electron chi connectivity index (χ1n) is 8.62. The van der Waals surface area contributed by atoms with Gasteiger partial charge < -0.3 is 10.2 Å². The van der Waals surface area contributed by atoms with Crippen molar-refractivity contribution < 1.29 is 4.79 Å². The highest BCUT2D eigenvalue weighted by atomic mass is 32.1. The van der Waals surface area contributed by atoms with Crippen molar-refractivity contribution in [3.8, 4) is 0 Å². The molecule has 4 heteroatoms. The summed E-state index contributed by atoms with van der Waals surface area (Å²) < 4.78 is 0. The Kier molecular flexibility index (Phi) is 4.95. The van der Waals surface area contributed by atoms with Crippen molar-refractivity contribution in [2.24, 2.45) is 0 Å². The maximum Gasteiger partial charge on any atom is 0.317 e. The smallest absolute Gasteiger partial charge is 0.317 e. The summed E-state index contributed by atoms with van der Waals surface area (Å²) >= 11 is 1.74. The highest BCUT2D eigenvalue weighted by molar-refractivity contribution is 7.10. The van der Waals surface area contributed by atoms with Gasteiger partial charge in [-0.25, -0.2) is 4.79 Å². The van der Waals surface area contributed by atoms with Crippen LogP contribution < -0.4 is 5.32 Å². The number of hydrogen-bond acceptors (Lipinski definition) is 2. The fourth-order valence-corrected chi connectivity index (χ4v) is 4.16. The van der Waals surface area contributed by atoms with Crippen molar-refractivity contribution in [2.75, 3.05) is 13.1 Å². The zero-order valence-electron chi connectivity index (χ0n) is 14.7. The molecule has 1 aliphatic rings. The van der Waals surface area contributed by atoms with Crippen LogP contribution in [0.15, 0.2) is 41.8 Å². The molecule has 1 aromatic carbocycles. The van der Waals surface area contributed by atoms with Crippen molar-refractivity contribution in [1.29, 1.82) is 0 Å². The van der Waals surface area contributed by atoms with Gasteiger partial charge in [0, 0.05) is 23.4 Å². The maximum absolute atomic E-state index is 12.7. The average Bonchev–Trinajstić information content (AvgIpc) is 3.23. The third-order valence-corrected chi connectivity index (χ3v) is 5.87. The van der Waals surface area contributed by atoms with E-state index in [0.717, 1.165) is 19.4 Å². The minimum absolute atomic E-state index is 0.0612. The molecule has 1 aliphatic heterocycles. The second-order valence-corrected chi connectivity index (χ2v) is 8.25. The van der Waals surface area contributed by atoms with Crippen LogP contribution in [0.3, 0.4) is 0 Å². The lowest BCUT2D eigenvalue weighted by Crippen LogP contribution is -2.44. The number of nitrogens with one attached hydrogen (secondary N) is 1. The molecule has 3 nitrogen and oxygen atoms in total. The topological polar surface area (TPSA) is 32.3 Å². The number of amides is 2. The second kappa shape index (κ2) is 6.98. The third kappa shape index (κ3) is 3.64. The summed E-state index contributed by atoms with van der Waals surface area (Å²) in [6.07, 6.45) is 2.15. The molecule has 0 aliphatic carbocycles. The first-order valence-corrected chi connectivity index (χ1v) is 9.50. The van der Waals surface area contributed by atoms with Gasteiger partial charge in [0.15, 0.2) is 0 Å². The van der Waals surface area contributed by atoms with Crippen LogP contribution in [-0.2, 0) is 5.41 Å². The van der Waals surface area contributed by atoms with Crippen molar-refractivity contribution in [1.82, 2.24) is 10.2 Å². The number of nitrogens with zero attached hydrogens (tertiary/aromatic N) is 1. The molecular weight excluding hydrogens is 316 g/mol. The SMILES string of the molecule is Cc1ccc(C(C)(C)CNC(=O)N2CCCC2c2cccs2)cc1. The molecule has 0 saturated carbocycles. The highest BCUT2D eigenvalue weighted by Crippen LogP contribution is 2.34. The Balaban J connectivity index is 1.63. The zero-order chi connectivity index (χ0) is 17.2. The molecule has 0 bridgehead atoms. The third-order valence-electron chi connectivity index (χ3n) is 4.90. The Labute approximate surface area is 148 Å². The fraction of sp³-hybridized carbons (Fsp3) is 0.450. The lowest BCUT2D eigenvalue weighted by atomic mass is 9.84. The number of carbonyl (C=O) groups is 1. The average molecular weight is 343 g/mol. The molecule has 0 spiro atoms. The predicted octanol–water partition coefficient (Wildman–Crippen LogP) is 4.88. The first kappa shape index (κ1) is 17.0. The Bertz CT molecular complexity index is 676. The van der Waals surface area contributed by atoms with Gasteiger partial charge in [-0.3, -0.25) is 0 Å². The molecule has 1 fully saturated rings. The predicted molar refractivity (Wildman–Crippen MR) is 101 cm³/mol. The van der Waals surface area contributed by atoms with Crippen LogP contribution in [0.4, 0.5) is 4.79 Å². The van der Waals surface area contributed by atoms with Crippen molar-refractivity contribution >= 4 is 17.4 Å². The van der Waals surface area contributed by atoms with Crippen molar-refractivity contribution in [2.45, 2.75) is 45.1 Å². The molecule has 0 radical (unpaired) electrons. The summed E-state index contributed by atoms with van der Waals surface area (Å²) in [5.41, 5.74) is 2.43. The summed E-state index contributed by atoms with van der Waals surface area (Å²) in [5, 5.41) is 5.25. The van der Waals surface area contributed by atoms with E-state index in [0.29, 0.717) is 6.54 Å². The number of thiophene rings is 1. The van der Waals surface area contributed by atoms with Crippen LogP contribution in [0.2, 0.25) is 0 Å². The molecule has 2 heterocycles. The van der Waals surface area contributed by atoms with E-state index in [1.165, 1.54) is 16.0 Å². The molecule has 1 atom stereocenters. The maximum atomic E-state index is 12.7. The largest absolute Gasteiger partial charge is 0.337 e. The summed E-state index contributed by atoms with van der Waals surface area (Å²) in [7, 11) is 0. The number of urea groups is 1. The Morgan fingerprint density at radius 2 is 2.04 bits per heavy atom. The van der Waals surface area contributed by atoms with Gasteiger partial charge in [0.25, 0.3) is 0 Å². The number of hydrogen-bond donors (Lipinski definition) is 1. The number of carbonyl (C=O) groups excluding carboxylic acids is 1. The summed E-state index contributed by atoms with van der Waals surface area (Å²) in [6.45, 7) is 7.94. The Morgan fingerprint density at radius 1 is 1.29 bits per heavy atom. The number of benzene rings is 1. The van der Waals surface area contributed by atoms with E-state index in [2.05, 4.69) is 67.9 Å². The normalized spacial score (nSPS) is 18.0. The van der Waals surface area contributed by atoms with Crippen LogP contribution >= 0.6 is 11.3 Å². The van der Waals surface area contributed by atoms with E-state index in [1.807, 2.05) is 4.90 Å². The Morgan fingerprint density at radius 3 is 2.71 bits per heavy atom. The standard InChI is InChI=1S/C20H26N2OS/c1-15-8-10-16(11-9-15)20(2,3)14-21-19(23)22-12-4-6-17(22)18-7-5-13-24-18/h5,7-11,13,17H,4,6,12,14H2,1-3H3,(H,21,23). The van der Waals surface area contributed by atoms with Gasteiger partial charge in [0.05, 0.1) is 6.04 Å². The molecule has 1 aromatic heterocycles. The number of aryl methyl sites for hydroxylation is 1. The van der Waals surface area contributed by atoms with Crippen LogP contribution in [0.5, 0.6) is 0 Å². The molecule has 1 unspecified atom stereocenters. The molecular formula is C20H26N2OS. The summed E-state index contributed by atoms with van der Waals surface area (Å²) in [4.78, 5) is 16.0. The van der Waals surface area contributed by atoms with Gasteiger partial charge in [-0.2, -0.15) is 0 Å². The fourth-order valence-electron chi connectivity index (χ4n) is 3.29. The lowest BCUT2D eigenvalue weighted by molar-refractivity contribution is 0.191. The highest BCUT2D eigenvalue weighted by Gasteiger charge is 2.31.